The topological polar surface area (TPSA) is 48.2 Å². The summed E-state index contributed by atoms with van der Waals surface area (Å²) in [5.74, 6) is 1.95. The number of thioether (sulfide) groups is 1. The molecule has 0 saturated heterocycles. The molecule has 2 atom stereocenters. The zero-order valence-corrected chi connectivity index (χ0v) is 12.8. The highest BCUT2D eigenvalue weighted by Crippen LogP contribution is 2.36. The van der Waals surface area contributed by atoms with Crippen LogP contribution in [0.2, 0.25) is 0 Å². The zero-order valence-electron chi connectivity index (χ0n) is 10.4. The van der Waals surface area contributed by atoms with Crippen LogP contribution in [0.1, 0.15) is 24.8 Å². The van der Waals surface area contributed by atoms with Crippen molar-refractivity contribution < 1.29 is 0 Å². The number of fused-ring (bicyclic) bond motifs is 1. The largest absolute Gasteiger partial charge is 0.334 e. The molecule has 98 valence electrons. The summed E-state index contributed by atoms with van der Waals surface area (Å²) in [4.78, 5) is 4.81. The Morgan fingerprint density at radius 2 is 2.32 bits per heavy atom. The summed E-state index contributed by atoms with van der Waals surface area (Å²) < 4.78 is 0.906. The monoisotopic (exact) mass is 335 g/mol. The number of nitriles is 1. The third kappa shape index (κ3) is 2.80. The van der Waals surface area contributed by atoms with Gasteiger partial charge in [-0.25, -0.2) is 0 Å². The maximum Gasteiger partial charge on any atom is 0.161 e. The average Bonchev–Trinajstić information content (AvgIpc) is 2.88. The molecule has 3 nitrogen and oxygen atoms in total. The van der Waals surface area contributed by atoms with Crippen LogP contribution in [0.5, 0.6) is 0 Å². The van der Waals surface area contributed by atoms with E-state index in [1.807, 2.05) is 18.2 Å². The molecule has 0 spiro atoms. The van der Waals surface area contributed by atoms with Crippen molar-refractivity contribution in [3.8, 4) is 6.07 Å². The molecule has 0 radical (unpaired) electrons. The molecule has 0 bridgehead atoms. The number of nitrogens with zero attached hydrogens (tertiary/aromatic N) is 2. The van der Waals surface area contributed by atoms with Crippen LogP contribution in [-0.4, -0.2) is 17.0 Å². The summed E-state index contributed by atoms with van der Waals surface area (Å²) in [5, 5.41) is 13.2. The van der Waals surface area contributed by atoms with E-state index in [1.165, 1.54) is 25.0 Å². The minimum absolute atomic E-state index is 0.515. The maximum absolute atomic E-state index is 8.86. The van der Waals surface area contributed by atoms with Crippen LogP contribution in [-0.2, 0) is 0 Å². The van der Waals surface area contributed by atoms with E-state index >= 15 is 0 Å². The van der Waals surface area contributed by atoms with Gasteiger partial charge in [-0.2, -0.15) is 5.26 Å². The highest BCUT2D eigenvalue weighted by Gasteiger charge is 2.31. The maximum atomic E-state index is 8.86. The van der Waals surface area contributed by atoms with Gasteiger partial charge >= 0.3 is 0 Å². The van der Waals surface area contributed by atoms with E-state index in [0.717, 1.165) is 21.2 Å². The first-order valence-electron chi connectivity index (χ1n) is 6.43. The summed E-state index contributed by atoms with van der Waals surface area (Å²) >= 11 is 5.30. The van der Waals surface area contributed by atoms with Gasteiger partial charge in [0.15, 0.2) is 5.17 Å². The number of amidine groups is 1. The number of aliphatic imine (C=N–C) groups is 1. The first-order chi connectivity index (χ1) is 9.26. The molecular weight excluding hydrogens is 322 g/mol. The number of halogens is 1. The average molecular weight is 336 g/mol. The summed E-state index contributed by atoms with van der Waals surface area (Å²) in [6, 6.07) is 8.22. The van der Waals surface area contributed by atoms with Crippen molar-refractivity contribution in [2.75, 3.05) is 11.1 Å². The van der Waals surface area contributed by atoms with E-state index in [1.54, 1.807) is 11.8 Å². The number of anilines is 1. The Bertz CT molecular complexity index is 564. The van der Waals surface area contributed by atoms with Gasteiger partial charge < -0.3 is 5.32 Å². The Balaban J connectivity index is 1.77. The number of nitrogens with one attached hydrogen (secondary N) is 1. The number of benzene rings is 1. The van der Waals surface area contributed by atoms with E-state index < -0.39 is 0 Å². The lowest BCUT2D eigenvalue weighted by Crippen LogP contribution is -2.25. The summed E-state index contributed by atoms with van der Waals surface area (Å²) in [6.45, 7) is 0. The molecule has 1 heterocycles. The van der Waals surface area contributed by atoms with Crippen LogP contribution in [0.25, 0.3) is 0 Å². The molecule has 1 fully saturated rings. The normalized spacial score (nSPS) is 25.4. The lowest BCUT2D eigenvalue weighted by Gasteiger charge is -2.23. The fourth-order valence-corrected chi connectivity index (χ4v) is 4.26. The third-order valence-corrected chi connectivity index (χ3v) is 5.41. The van der Waals surface area contributed by atoms with Crippen LogP contribution < -0.4 is 5.32 Å². The molecule has 0 amide bonds. The molecule has 1 aliphatic heterocycles. The fraction of sp³-hybridized carbons (Fsp3) is 0.429. The van der Waals surface area contributed by atoms with E-state index in [4.69, 9.17) is 10.3 Å². The quantitative estimate of drug-likeness (QED) is 0.843. The first-order valence-corrected chi connectivity index (χ1v) is 8.21. The van der Waals surface area contributed by atoms with E-state index in [-0.39, 0.29) is 0 Å². The standard InChI is InChI=1S/C14H14BrN3S/c15-11-6-9(7-16)4-5-13(11)18-14-17-12-3-1-2-10(12)8-19-14/h4-6,10,12H,1-3,8H2,(H,17,18). The number of hydrogen-bond acceptors (Lipinski definition) is 4. The highest BCUT2D eigenvalue weighted by atomic mass is 79.9. The molecule has 1 aromatic rings. The number of rotatable bonds is 1. The Kier molecular flexibility index (Phi) is 3.81. The molecule has 1 N–H and O–H groups in total. The molecule has 2 aliphatic rings. The Labute approximate surface area is 125 Å². The molecule has 2 unspecified atom stereocenters. The van der Waals surface area contributed by atoms with E-state index in [9.17, 15) is 0 Å². The zero-order chi connectivity index (χ0) is 13.2. The van der Waals surface area contributed by atoms with Crippen molar-refractivity contribution in [3.05, 3.63) is 28.2 Å². The lowest BCUT2D eigenvalue weighted by molar-refractivity contribution is 0.535. The van der Waals surface area contributed by atoms with Crippen molar-refractivity contribution in [1.82, 2.24) is 0 Å². The van der Waals surface area contributed by atoms with Crippen LogP contribution in [0.3, 0.4) is 0 Å². The molecule has 19 heavy (non-hydrogen) atoms. The van der Waals surface area contributed by atoms with Crippen LogP contribution in [0.15, 0.2) is 27.7 Å². The minimum Gasteiger partial charge on any atom is -0.334 e. The Morgan fingerprint density at radius 1 is 1.42 bits per heavy atom. The molecular formula is C14H14BrN3S. The SMILES string of the molecule is N#Cc1ccc(NC2=NC3CCCC3CS2)c(Br)c1. The molecule has 5 heteroatoms. The minimum atomic E-state index is 0.515. The molecule has 0 aromatic heterocycles. The van der Waals surface area contributed by atoms with Crippen LogP contribution in [0, 0.1) is 17.2 Å². The van der Waals surface area contributed by atoms with Crippen molar-refractivity contribution in [3.63, 3.8) is 0 Å². The number of hydrogen-bond donors (Lipinski definition) is 1. The van der Waals surface area contributed by atoms with Gasteiger partial charge in [0.25, 0.3) is 0 Å². The van der Waals surface area contributed by atoms with Gasteiger partial charge in [-0.05, 0) is 52.9 Å². The van der Waals surface area contributed by atoms with Gasteiger partial charge in [-0.15, -0.1) is 0 Å². The van der Waals surface area contributed by atoms with Gasteiger partial charge in [0.05, 0.1) is 23.4 Å². The fourth-order valence-electron chi connectivity index (χ4n) is 2.63. The first kappa shape index (κ1) is 13.0. The second-order valence-electron chi connectivity index (χ2n) is 4.94. The van der Waals surface area contributed by atoms with Gasteiger partial charge in [-0.1, -0.05) is 18.2 Å². The Hall–Kier alpha value is -0.990. The van der Waals surface area contributed by atoms with Crippen LogP contribution >= 0.6 is 27.7 Å². The predicted molar refractivity (Wildman–Crippen MR) is 83.5 cm³/mol. The summed E-state index contributed by atoms with van der Waals surface area (Å²) in [5.41, 5.74) is 1.63. The van der Waals surface area contributed by atoms with Gasteiger partial charge in [-0.3, -0.25) is 4.99 Å². The van der Waals surface area contributed by atoms with Gasteiger partial charge in [0.2, 0.25) is 0 Å². The van der Waals surface area contributed by atoms with Crippen molar-refractivity contribution >= 4 is 38.5 Å². The smallest absolute Gasteiger partial charge is 0.161 e. The van der Waals surface area contributed by atoms with Gasteiger partial charge in [0, 0.05) is 10.2 Å². The third-order valence-electron chi connectivity index (χ3n) is 3.68. The second-order valence-corrected chi connectivity index (χ2v) is 6.80. The van der Waals surface area contributed by atoms with E-state index in [2.05, 4.69) is 27.3 Å². The highest BCUT2D eigenvalue weighted by molar-refractivity contribution is 9.10. The van der Waals surface area contributed by atoms with Gasteiger partial charge in [0.1, 0.15) is 0 Å². The molecule has 1 saturated carbocycles. The van der Waals surface area contributed by atoms with Crippen molar-refractivity contribution in [2.45, 2.75) is 25.3 Å². The molecule has 3 rings (SSSR count). The van der Waals surface area contributed by atoms with Crippen LogP contribution in [0.4, 0.5) is 5.69 Å². The van der Waals surface area contributed by atoms with Crippen molar-refractivity contribution in [1.29, 1.82) is 5.26 Å². The molecule has 1 aromatic carbocycles. The predicted octanol–water partition coefficient (Wildman–Crippen LogP) is 4.00. The summed E-state index contributed by atoms with van der Waals surface area (Å²) in [6.07, 6.45) is 3.87. The summed E-state index contributed by atoms with van der Waals surface area (Å²) in [7, 11) is 0. The van der Waals surface area contributed by atoms with Crippen molar-refractivity contribution in [2.24, 2.45) is 10.9 Å². The molecule has 1 aliphatic carbocycles. The van der Waals surface area contributed by atoms with E-state index in [0.29, 0.717) is 11.6 Å². The lowest BCUT2D eigenvalue weighted by atomic mass is 10.1. The second kappa shape index (κ2) is 5.56. The Morgan fingerprint density at radius 3 is 3.11 bits per heavy atom.